The van der Waals surface area contributed by atoms with Crippen LogP contribution in [-0.2, 0) is 11.3 Å². The number of urea groups is 1. The van der Waals surface area contributed by atoms with Crippen LogP contribution in [0.2, 0.25) is 0 Å². The van der Waals surface area contributed by atoms with Crippen molar-refractivity contribution in [2.75, 3.05) is 19.6 Å². The van der Waals surface area contributed by atoms with Crippen molar-refractivity contribution in [2.45, 2.75) is 25.8 Å². The molecule has 1 fully saturated rings. The maximum absolute atomic E-state index is 11.9. The van der Waals surface area contributed by atoms with Gasteiger partial charge in [0.05, 0.1) is 12.2 Å². The molecule has 1 aromatic heterocycles. The fraction of sp³-hybridized carbons (Fsp3) is 0.615. The van der Waals surface area contributed by atoms with E-state index in [2.05, 4.69) is 10.3 Å². The minimum atomic E-state index is -0.817. The van der Waals surface area contributed by atoms with Crippen LogP contribution in [-0.4, -0.2) is 51.2 Å². The molecule has 1 saturated heterocycles. The minimum absolute atomic E-state index is 0.165. The summed E-state index contributed by atoms with van der Waals surface area (Å²) < 4.78 is 1.95. The van der Waals surface area contributed by atoms with E-state index >= 15 is 0 Å². The predicted molar refractivity (Wildman–Crippen MR) is 72.2 cm³/mol. The number of nitrogens with one attached hydrogen (secondary N) is 1. The predicted octanol–water partition coefficient (Wildman–Crippen LogP) is 0.779. The number of likely N-dealkylation sites (tertiary alicyclic amines) is 1. The van der Waals surface area contributed by atoms with Gasteiger partial charge in [0.2, 0.25) is 0 Å². The molecule has 0 aliphatic carbocycles. The van der Waals surface area contributed by atoms with Gasteiger partial charge in [0, 0.05) is 38.6 Å². The third kappa shape index (κ3) is 3.97. The number of aryl methyl sites for hydroxylation is 1. The first-order valence-electron chi connectivity index (χ1n) is 6.88. The van der Waals surface area contributed by atoms with Crippen LogP contribution < -0.4 is 5.32 Å². The van der Waals surface area contributed by atoms with Crippen molar-refractivity contribution >= 4 is 12.0 Å². The van der Waals surface area contributed by atoms with E-state index in [-0.39, 0.29) is 6.03 Å². The van der Waals surface area contributed by atoms with Crippen LogP contribution in [0.25, 0.3) is 0 Å². The number of aromatic nitrogens is 2. The molecular weight excluding hydrogens is 260 g/mol. The number of aliphatic carboxylic acids is 1. The van der Waals surface area contributed by atoms with Gasteiger partial charge >= 0.3 is 12.0 Å². The minimum Gasteiger partial charge on any atom is -0.481 e. The highest BCUT2D eigenvalue weighted by molar-refractivity contribution is 5.76. The average molecular weight is 280 g/mol. The highest BCUT2D eigenvalue weighted by Crippen LogP contribution is 2.16. The number of hydrogen-bond donors (Lipinski definition) is 2. The molecule has 7 heteroatoms. The Labute approximate surface area is 117 Å². The fourth-order valence-electron chi connectivity index (χ4n) is 2.35. The lowest BCUT2D eigenvalue weighted by atomic mass is 9.99. The zero-order chi connectivity index (χ0) is 14.4. The third-order valence-electron chi connectivity index (χ3n) is 3.49. The number of carboxylic acids is 1. The summed E-state index contributed by atoms with van der Waals surface area (Å²) in [5.74, 6) is -1.25. The molecule has 1 aromatic rings. The molecule has 110 valence electrons. The molecule has 2 N–H and O–H groups in total. The Balaban J connectivity index is 1.67. The van der Waals surface area contributed by atoms with Gasteiger partial charge in [-0.2, -0.15) is 0 Å². The number of imidazole rings is 1. The number of rotatable bonds is 5. The summed E-state index contributed by atoms with van der Waals surface area (Å²) in [5.41, 5.74) is 0. The number of carbonyl (C=O) groups excluding carboxylic acids is 1. The van der Waals surface area contributed by atoms with Crippen molar-refractivity contribution in [3.05, 3.63) is 18.7 Å². The summed E-state index contributed by atoms with van der Waals surface area (Å²) in [7, 11) is 0. The van der Waals surface area contributed by atoms with E-state index in [1.54, 1.807) is 17.4 Å². The summed E-state index contributed by atoms with van der Waals surface area (Å²) in [6.45, 7) is 2.32. The summed E-state index contributed by atoms with van der Waals surface area (Å²) in [4.78, 5) is 28.4. The number of piperidine rings is 1. The van der Waals surface area contributed by atoms with E-state index in [0.717, 1.165) is 19.4 Å². The first-order chi connectivity index (χ1) is 9.66. The SMILES string of the molecule is O=C(O)[C@@H]1CCCN(C(=O)NCCCn2ccnc2)C1. The summed E-state index contributed by atoms with van der Waals surface area (Å²) in [6.07, 6.45) is 7.56. The monoisotopic (exact) mass is 280 g/mol. The highest BCUT2D eigenvalue weighted by Gasteiger charge is 2.27. The second-order valence-electron chi connectivity index (χ2n) is 5.01. The zero-order valence-corrected chi connectivity index (χ0v) is 11.4. The van der Waals surface area contributed by atoms with Gasteiger partial charge in [-0.1, -0.05) is 0 Å². The van der Waals surface area contributed by atoms with E-state index in [1.165, 1.54) is 0 Å². The van der Waals surface area contributed by atoms with Gasteiger partial charge in [0.1, 0.15) is 0 Å². The van der Waals surface area contributed by atoms with E-state index in [1.807, 2.05) is 10.8 Å². The second kappa shape index (κ2) is 6.93. The van der Waals surface area contributed by atoms with Crippen LogP contribution >= 0.6 is 0 Å². The Bertz CT molecular complexity index is 446. The molecule has 2 rings (SSSR count). The van der Waals surface area contributed by atoms with Crippen LogP contribution in [0.5, 0.6) is 0 Å². The van der Waals surface area contributed by atoms with Gasteiger partial charge in [-0.3, -0.25) is 4.79 Å². The lowest BCUT2D eigenvalue weighted by Crippen LogP contribution is -2.47. The molecule has 0 unspecified atom stereocenters. The third-order valence-corrected chi connectivity index (χ3v) is 3.49. The second-order valence-corrected chi connectivity index (χ2v) is 5.01. The Morgan fingerprint density at radius 2 is 2.30 bits per heavy atom. The quantitative estimate of drug-likeness (QED) is 0.780. The number of carbonyl (C=O) groups is 2. The highest BCUT2D eigenvalue weighted by atomic mass is 16.4. The van der Waals surface area contributed by atoms with Crippen LogP contribution in [0.15, 0.2) is 18.7 Å². The molecule has 0 radical (unpaired) electrons. The molecule has 2 heterocycles. The molecule has 0 saturated carbocycles. The van der Waals surface area contributed by atoms with Crippen molar-refractivity contribution in [3.63, 3.8) is 0 Å². The topological polar surface area (TPSA) is 87.5 Å². The zero-order valence-electron chi connectivity index (χ0n) is 11.4. The van der Waals surface area contributed by atoms with Gasteiger partial charge < -0.3 is 19.9 Å². The number of carboxylic acid groups (broad SMARTS) is 1. The van der Waals surface area contributed by atoms with Gasteiger partial charge in [0.15, 0.2) is 0 Å². The molecule has 0 aromatic carbocycles. The van der Waals surface area contributed by atoms with E-state index in [4.69, 9.17) is 5.11 Å². The summed E-state index contributed by atoms with van der Waals surface area (Å²) in [6, 6.07) is -0.165. The fourth-order valence-corrected chi connectivity index (χ4v) is 2.35. The Morgan fingerprint density at radius 1 is 1.45 bits per heavy atom. The molecule has 1 aliphatic heterocycles. The largest absolute Gasteiger partial charge is 0.481 e. The van der Waals surface area contributed by atoms with Crippen LogP contribution in [0.3, 0.4) is 0 Å². The lowest BCUT2D eigenvalue weighted by molar-refractivity contribution is -0.143. The number of nitrogens with zero attached hydrogens (tertiary/aromatic N) is 3. The Kier molecular flexibility index (Phi) is 4.97. The smallest absolute Gasteiger partial charge is 0.317 e. The first-order valence-corrected chi connectivity index (χ1v) is 6.88. The average Bonchev–Trinajstić information content (AvgIpc) is 2.96. The maximum atomic E-state index is 11.9. The van der Waals surface area contributed by atoms with Crippen LogP contribution in [0, 0.1) is 5.92 Å². The maximum Gasteiger partial charge on any atom is 0.317 e. The number of amides is 2. The summed E-state index contributed by atoms with van der Waals surface area (Å²) >= 11 is 0. The van der Waals surface area contributed by atoms with Crippen molar-refractivity contribution in [1.29, 1.82) is 0 Å². The standard InChI is InChI=1S/C13H20N4O3/c18-12(19)11-3-1-7-17(9-11)13(20)15-4-2-6-16-8-5-14-10-16/h5,8,10-11H,1-4,6-7,9H2,(H,15,20)(H,18,19)/t11-/m1/s1. The van der Waals surface area contributed by atoms with E-state index < -0.39 is 11.9 Å². The Morgan fingerprint density at radius 3 is 3.00 bits per heavy atom. The number of hydrogen-bond acceptors (Lipinski definition) is 3. The lowest BCUT2D eigenvalue weighted by Gasteiger charge is -2.30. The summed E-state index contributed by atoms with van der Waals surface area (Å²) in [5, 5.41) is 11.8. The molecule has 2 amide bonds. The molecule has 0 spiro atoms. The molecule has 1 atom stereocenters. The van der Waals surface area contributed by atoms with Gasteiger partial charge in [-0.25, -0.2) is 9.78 Å². The molecule has 1 aliphatic rings. The van der Waals surface area contributed by atoms with E-state index in [0.29, 0.717) is 26.1 Å². The van der Waals surface area contributed by atoms with Gasteiger partial charge in [0.25, 0.3) is 0 Å². The Hall–Kier alpha value is -2.05. The van der Waals surface area contributed by atoms with Crippen molar-refractivity contribution in [2.24, 2.45) is 5.92 Å². The van der Waals surface area contributed by atoms with Crippen LogP contribution in [0.1, 0.15) is 19.3 Å². The van der Waals surface area contributed by atoms with Crippen molar-refractivity contribution in [1.82, 2.24) is 19.8 Å². The van der Waals surface area contributed by atoms with Gasteiger partial charge in [-0.15, -0.1) is 0 Å². The molecule has 7 nitrogen and oxygen atoms in total. The normalized spacial score (nSPS) is 18.8. The first kappa shape index (κ1) is 14.4. The molecule has 20 heavy (non-hydrogen) atoms. The van der Waals surface area contributed by atoms with Gasteiger partial charge in [-0.05, 0) is 19.3 Å². The van der Waals surface area contributed by atoms with Crippen LogP contribution in [0.4, 0.5) is 4.79 Å². The molecular formula is C13H20N4O3. The van der Waals surface area contributed by atoms with E-state index in [9.17, 15) is 9.59 Å². The van der Waals surface area contributed by atoms with Crippen molar-refractivity contribution < 1.29 is 14.7 Å². The van der Waals surface area contributed by atoms with Crippen molar-refractivity contribution in [3.8, 4) is 0 Å². The molecule has 0 bridgehead atoms.